The van der Waals surface area contributed by atoms with Crippen LogP contribution in [0.2, 0.25) is 0 Å². The summed E-state index contributed by atoms with van der Waals surface area (Å²) >= 11 is 0. The molecule has 0 aliphatic heterocycles. The molecule has 1 unspecified atom stereocenters. The lowest BCUT2D eigenvalue weighted by atomic mass is 10.1. The van der Waals surface area contributed by atoms with E-state index in [0.717, 1.165) is 6.07 Å². The van der Waals surface area contributed by atoms with E-state index in [2.05, 4.69) is 0 Å². The van der Waals surface area contributed by atoms with E-state index < -0.39 is 17.8 Å². The minimum atomic E-state index is -4.54. The van der Waals surface area contributed by atoms with Crippen LogP contribution in [-0.4, -0.2) is 30.5 Å². The lowest BCUT2D eigenvalue weighted by molar-refractivity contribution is -0.139. The number of benzene rings is 1. The number of ether oxygens (including phenoxy) is 2. The fraction of sp³-hybridized carbons (Fsp3) is 0.571. The molecule has 0 aliphatic rings. The van der Waals surface area contributed by atoms with Gasteiger partial charge in [-0.15, -0.1) is 0 Å². The highest BCUT2D eigenvalue weighted by molar-refractivity contribution is 5.39. The van der Waals surface area contributed by atoms with Gasteiger partial charge in [-0.1, -0.05) is 6.07 Å². The molecule has 1 aromatic rings. The maximum atomic E-state index is 12.9. The van der Waals surface area contributed by atoms with E-state index >= 15 is 0 Å². The summed E-state index contributed by atoms with van der Waals surface area (Å²) in [6.07, 6.45) is -5.61. The minimum Gasteiger partial charge on any atom is -0.490 e. The van der Waals surface area contributed by atoms with Crippen molar-refractivity contribution in [2.45, 2.75) is 38.8 Å². The molecule has 1 atom stereocenters. The van der Waals surface area contributed by atoms with Gasteiger partial charge in [0, 0.05) is 6.54 Å². The number of hydrogen-bond donors (Lipinski definition) is 2. The highest BCUT2D eigenvalue weighted by Crippen LogP contribution is 2.36. The molecule has 0 fully saturated rings. The van der Waals surface area contributed by atoms with E-state index in [0.29, 0.717) is 5.56 Å². The molecule has 0 radical (unpaired) electrons. The summed E-state index contributed by atoms with van der Waals surface area (Å²) in [5.74, 6) is -0.330. The number of halogens is 3. The topological polar surface area (TPSA) is 64.7 Å². The standard InChI is InChI=1S/C14H20F3NO3/c1-9(2)20-7-11(19)8-21-13-4-3-10(6-18)5-12(13)14(15,16)17/h3-5,9,11,19H,6-8,18H2,1-2H3. The Kier molecular flexibility index (Phi) is 6.44. The molecule has 0 bridgehead atoms. The molecular weight excluding hydrogens is 287 g/mol. The van der Waals surface area contributed by atoms with Gasteiger partial charge in [0.05, 0.1) is 18.3 Å². The second-order valence-electron chi connectivity index (χ2n) is 4.88. The van der Waals surface area contributed by atoms with Crippen molar-refractivity contribution < 1.29 is 27.8 Å². The van der Waals surface area contributed by atoms with Crippen LogP contribution in [0.1, 0.15) is 25.0 Å². The molecule has 0 amide bonds. The minimum absolute atomic E-state index is 0.0000978. The van der Waals surface area contributed by atoms with Gasteiger partial charge >= 0.3 is 6.18 Å². The third kappa shape index (κ3) is 5.91. The van der Waals surface area contributed by atoms with Crippen LogP contribution in [0.5, 0.6) is 5.75 Å². The van der Waals surface area contributed by atoms with E-state index in [1.54, 1.807) is 13.8 Å². The third-order valence-electron chi connectivity index (χ3n) is 2.64. The highest BCUT2D eigenvalue weighted by atomic mass is 19.4. The molecule has 7 heteroatoms. The summed E-state index contributed by atoms with van der Waals surface area (Å²) in [5.41, 5.74) is 4.80. The summed E-state index contributed by atoms with van der Waals surface area (Å²) < 4.78 is 49.0. The third-order valence-corrected chi connectivity index (χ3v) is 2.64. The van der Waals surface area contributed by atoms with Crippen molar-refractivity contribution in [1.82, 2.24) is 0 Å². The predicted molar refractivity (Wildman–Crippen MR) is 71.9 cm³/mol. The molecule has 0 saturated heterocycles. The zero-order chi connectivity index (χ0) is 16.0. The second kappa shape index (κ2) is 7.63. The first-order chi connectivity index (χ1) is 9.74. The molecule has 1 aromatic carbocycles. The first-order valence-corrected chi connectivity index (χ1v) is 6.56. The molecule has 3 N–H and O–H groups in total. The van der Waals surface area contributed by atoms with E-state index in [9.17, 15) is 18.3 Å². The zero-order valence-electron chi connectivity index (χ0n) is 12.0. The van der Waals surface area contributed by atoms with Gasteiger partial charge in [0.2, 0.25) is 0 Å². The first-order valence-electron chi connectivity index (χ1n) is 6.56. The van der Waals surface area contributed by atoms with Crippen molar-refractivity contribution in [2.24, 2.45) is 5.73 Å². The van der Waals surface area contributed by atoms with E-state index in [4.69, 9.17) is 15.2 Å². The Balaban J connectivity index is 2.74. The number of aliphatic hydroxyl groups excluding tert-OH is 1. The molecule has 21 heavy (non-hydrogen) atoms. The van der Waals surface area contributed by atoms with Crippen molar-refractivity contribution in [1.29, 1.82) is 0 Å². The molecule has 0 saturated carbocycles. The van der Waals surface area contributed by atoms with Crippen LogP contribution in [-0.2, 0) is 17.5 Å². The molecule has 1 rings (SSSR count). The average Bonchev–Trinajstić information content (AvgIpc) is 2.41. The number of alkyl halides is 3. The quantitative estimate of drug-likeness (QED) is 0.811. The van der Waals surface area contributed by atoms with E-state index in [1.807, 2.05) is 0 Å². The van der Waals surface area contributed by atoms with Crippen molar-refractivity contribution in [2.75, 3.05) is 13.2 Å². The van der Waals surface area contributed by atoms with Gasteiger partial charge in [-0.05, 0) is 31.5 Å². The Bertz CT molecular complexity index is 450. The lowest BCUT2D eigenvalue weighted by Gasteiger charge is -2.18. The Hall–Kier alpha value is -1.31. The molecule has 120 valence electrons. The van der Waals surface area contributed by atoms with Gasteiger partial charge in [0.1, 0.15) is 18.5 Å². The number of aliphatic hydroxyl groups is 1. The van der Waals surface area contributed by atoms with Crippen LogP contribution in [0.15, 0.2) is 18.2 Å². The Morgan fingerprint density at radius 3 is 2.43 bits per heavy atom. The number of nitrogens with two attached hydrogens (primary N) is 1. The maximum Gasteiger partial charge on any atom is 0.419 e. The summed E-state index contributed by atoms with van der Waals surface area (Å²) in [4.78, 5) is 0. The summed E-state index contributed by atoms with van der Waals surface area (Å²) in [7, 11) is 0. The maximum absolute atomic E-state index is 12.9. The van der Waals surface area contributed by atoms with Gasteiger partial charge in [0.15, 0.2) is 0 Å². The molecule has 0 aromatic heterocycles. The van der Waals surface area contributed by atoms with Crippen molar-refractivity contribution >= 4 is 0 Å². The van der Waals surface area contributed by atoms with Gasteiger partial charge in [-0.3, -0.25) is 0 Å². The van der Waals surface area contributed by atoms with Gasteiger partial charge in [-0.25, -0.2) is 0 Å². The molecule has 0 spiro atoms. The smallest absolute Gasteiger partial charge is 0.419 e. The van der Waals surface area contributed by atoms with Crippen molar-refractivity contribution in [3.63, 3.8) is 0 Å². The van der Waals surface area contributed by atoms with Gasteiger partial charge < -0.3 is 20.3 Å². The normalized spacial score (nSPS) is 13.5. The Labute approximate surface area is 121 Å². The number of hydrogen-bond acceptors (Lipinski definition) is 4. The summed E-state index contributed by atoms with van der Waals surface area (Å²) in [5, 5.41) is 9.60. The number of rotatable bonds is 7. The Morgan fingerprint density at radius 1 is 1.24 bits per heavy atom. The fourth-order valence-electron chi connectivity index (χ4n) is 1.59. The van der Waals surface area contributed by atoms with Crippen LogP contribution in [0.3, 0.4) is 0 Å². The SMILES string of the molecule is CC(C)OCC(O)COc1ccc(CN)cc1C(F)(F)F. The molecular formula is C14H20F3NO3. The molecule has 4 nitrogen and oxygen atoms in total. The van der Waals surface area contributed by atoms with Gasteiger partial charge in [0.25, 0.3) is 0 Å². The van der Waals surface area contributed by atoms with Crippen LogP contribution in [0, 0.1) is 0 Å². The largest absolute Gasteiger partial charge is 0.490 e. The van der Waals surface area contributed by atoms with Crippen LogP contribution in [0.4, 0.5) is 13.2 Å². The van der Waals surface area contributed by atoms with Crippen molar-refractivity contribution in [3.8, 4) is 5.75 Å². The summed E-state index contributed by atoms with van der Waals surface area (Å²) in [6.45, 7) is 3.31. The predicted octanol–water partition coefficient (Wildman–Crippen LogP) is 2.33. The van der Waals surface area contributed by atoms with Crippen LogP contribution >= 0.6 is 0 Å². The highest BCUT2D eigenvalue weighted by Gasteiger charge is 2.34. The Morgan fingerprint density at radius 2 is 1.90 bits per heavy atom. The molecule has 0 heterocycles. The first kappa shape index (κ1) is 17.7. The van der Waals surface area contributed by atoms with E-state index in [-0.39, 0.29) is 31.6 Å². The van der Waals surface area contributed by atoms with Gasteiger partial charge in [-0.2, -0.15) is 13.2 Å². The van der Waals surface area contributed by atoms with E-state index in [1.165, 1.54) is 12.1 Å². The summed E-state index contributed by atoms with van der Waals surface area (Å²) in [6, 6.07) is 3.62. The molecule has 0 aliphatic carbocycles. The van der Waals surface area contributed by atoms with Crippen LogP contribution < -0.4 is 10.5 Å². The lowest BCUT2D eigenvalue weighted by Crippen LogP contribution is -2.25. The second-order valence-corrected chi connectivity index (χ2v) is 4.88. The average molecular weight is 307 g/mol. The fourth-order valence-corrected chi connectivity index (χ4v) is 1.59. The zero-order valence-corrected chi connectivity index (χ0v) is 12.0. The monoisotopic (exact) mass is 307 g/mol. The van der Waals surface area contributed by atoms with Crippen molar-refractivity contribution in [3.05, 3.63) is 29.3 Å². The van der Waals surface area contributed by atoms with Crippen LogP contribution in [0.25, 0.3) is 0 Å².